The van der Waals surface area contributed by atoms with Crippen molar-refractivity contribution in [1.29, 1.82) is 0 Å². The summed E-state index contributed by atoms with van der Waals surface area (Å²) in [5.41, 5.74) is -2.43. The van der Waals surface area contributed by atoms with Crippen molar-refractivity contribution in [2.75, 3.05) is 6.61 Å². The molecule has 338 valence electrons. The van der Waals surface area contributed by atoms with Gasteiger partial charge in [0.15, 0.2) is 5.60 Å². The second-order valence-corrected chi connectivity index (χ2v) is 21.5. The summed E-state index contributed by atoms with van der Waals surface area (Å²) >= 11 is 0. The number of Topliss-reactive ketones (excluding diaryl/α,β-unsaturated/α-hetero) is 1. The summed E-state index contributed by atoms with van der Waals surface area (Å²) in [6.45, 7) is 25.0. The molecular formula is C49H91F3O5. The van der Waals surface area contributed by atoms with Gasteiger partial charge in [-0.05, 0) is 169 Å². The maximum Gasteiger partial charge on any atom is 0.417 e. The third-order valence-electron chi connectivity index (χ3n) is 15.2. The minimum absolute atomic E-state index is 0.00106. The quantitative estimate of drug-likeness (QED) is 0.257. The molecule has 3 N–H and O–H groups in total. The van der Waals surface area contributed by atoms with E-state index in [-0.39, 0.29) is 36.4 Å². The van der Waals surface area contributed by atoms with E-state index in [1.807, 2.05) is 20.8 Å². The van der Waals surface area contributed by atoms with Gasteiger partial charge in [0.2, 0.25) is 0 Å². The van der Waals surface area contributed by atoms with Gasteiger partial charge in [0.25, 0.3) is 0 Å². The van der Waals surface area contributed by atoms with Crippen LogP contribution in [0.4, 0.5) is 13.2 Å². The summed E-state index contributed by atoms with van der Waals surface area (Å²) in [5, 5.41) is 28.6. The number of aliphatic hydroxyl groups is 3. The number of rotatable bonds is 5. The molecule has 0 aromatic heterocycles. The number of carbonyl (C=O) groups excluding carboxylic acids is 1. The summed E-state index contributed by atoms with van der Waals surface area (Å²) in [5.74, 6) is 7.14. The largest absolute Gasteiger partial charge is 0.417 e. The lowest BCUT2D eigenvalue weighted by atomic mass is 9.72. The molecule has 1 spiro atoms. The predicted octanol–water partition coefficient (Wildman–Crippen LogP) is 13.3. The van der Waals surface area contributed by atoms with Crippen LogP contribution in [0, 0.1) is 59.2 Å². The zero-order chi connectivity index (χ0) is 43.2. The van der Waals surface area contributed by atoms with Crippen LogP contribution < -0.4 is 0 Å². The second kappa shape index (κ2) is 24.1. The van der Waals surface area contributed by atoms with Crippen LogP contribution in [0.25, 0.3) is 0 Å². The van der Waals surface area contributed by atoms with E-state index in [1.54, 1.807) is 0 Å². The fourth-order valence-electron chi connectivity index (χ4n) is 10.3. The Hall–Kier alpha value is -0.700. The van der Waals surface area contributed by atoms with Crippen molar-refractivity contribution in [1.82, 2.24) is 0 Å². The molecule has 6 atom stereocenters. The molecule has 57 heavy (non-hydrogen) atoms. The highest BCUT2D eigenvalue weighted by Gasteiger charge is 2.55. The Labute approximate surface area is 348 Å². The minimum atomic E-state index is -4.47. The first-order valence-electron chi connectivity index (χ1n) is 23.7. The van der Waals surface area contributed by atoms with E-state index in [4.69, 9.17) is 4.74 Å². The third-order valence-corrected chi connectivity index (χ3v) is 15.2. The standard InChI is InChI=1S/C11H20O.C10H17F3O.C10H20O.C9H16O.C9H18O/c1-9(2)10-3-5-11(6-4-10)7-8-12-11;1-7(2)8-4-3-5-9(14,6-8)10(11,12)13;1-8(2)9-5-4-6-10(3,11)7-9;1-7(2)8-3-5-9(10)6-4-8;1-7(2)8-4-3-5-9(10)6-8/h9-10H,3-8H2,1-2H3;7-8,14H,3-6H2,1-2H3;8-9,11H,4-7H2,1-3H3;7-8H,3-6H2,1-2H3;7-10H,3-6H2,1-2H3. The lowest BCUT2D eigenvalue weighted by Crippen LogP contribution is -2.49. The van der Waals surface area contributed by atoms with E-state index in [0.717, 1.165) is 112 Å². The lowest BCUT2D eigenvalue weighted by Gasteiger charge is -2.47. The third kappa shape index (κ3) is 18.4. The van der Waals surface area contributed by atoms with E-state index in [0.29, 0.717) is 17.8 Å². The van der Waals surface area contributed by atoms with Crippen LogP contribution in [0.3, 0.4) is 0 Å². The molecule has 6 aliphatic rings. The van der Waals surface area contributed by atoms with Crippen LogP contribution in [0.5, 0.6) is 0 Å². The number of aliphatic hydroxyl groups excluding tert-OH is 1. The van der Waals surface area contributed by atoms with Crippen LogP contribution in [-0.2, 0) is 9.53 Å². The Morgan fingerprint density at radius 2 is 1.02 bits per heavy atom. The number of hydrogen-bond acceptors (Lipinski definition) is 5. The average molecular weight is 817 g/mol. The van der Waals surface area contributed by atoms with E-state index in [2.05, 4.69) is 55.4 Å². The Bertz CT molecular complexity index is 1090. The SMILES string of the molecule is CC(C)C1CCC(=O)CC1.CC(C)C1CCC2(CCO2)CC1.CC(C)C1CCCC(C)(O)C1.CC(C)C1CCCC(O)(C(F)(F)F)C1.CC(C)C1CCCC(O)C1. The zero-order valence-corrected chi connectivity index (χ0v) is 38.7. The van der Waals surface area contributed by atoms with Crippen LogP contribution in [0.15, 0.2) is 0 Å². The van der Waals surface area contributed by atoms with Gasteiger partial charge in [-0.2, -0.15) is 13.2 Å². The predicted molar refractivity (Wildman–Crippen MR) is 230 cm³/mol. The molecule has 5 aliphatic carbocycles. The molecule has 0 aromatic carbocycles. The van der Waals surface area contributed by atoms with Gasteiger partial charge in [0.1, 0.15) is 5.78 Å². The summed E-state index contributed by atoms with van der Waals surface area (Å²) in [4.78, 5) is 10.8. The normalized spacial score (nSPS) is 35.0. The first kappa shape index (κ1) is 52.4. The van der Waals surface area contributed by atoms with Crippen molar-refractivity contribution in [3.8, 4) is 0 Å². The molecule has 0 radical (unpaired) electrons. The molecule has 0 amide bonds. The lowest BCUT2D eigenvalue weighted by molar-refractivity contribution is -0.275. The van der Waals surface area contributed by atoms with Crippen molar-refractivity contribution < 1.29 is 38.0 Å². The number of halogens is 3. The summed E-state index contributed by atoms with van der Waals surface area (Å²) in [6.07, 6.45) is 16.4. The Morgan fingerprint density at radius 3 is 1.39 bits per heavy atom. The fraction of sp³-hybridized carbons (Fsp3) is 0.980. The Balaban J connectivity index is 0.000000247. The monoisotopic (exact) mass is 817 g/mol. The number of ether oxygens (including phenoxy) is 1. The Morgan fingerprint density at radius 1 is 0.579 bits per heavy atom. The van der Waals surface area contributed by atoms with Crippen molar-refractivity contribution in [2.45, 2.75) is 240 Å². The molecule has 8 heteroatoms. The highest BCUT2D eigenvalue weighted by molar-refractivity contribution is 5.79. The molecule has 6 rings (SSSR count). The topological polar surface area (TPSA) is 87.0 Å². The van der Waals surface area contributed by atoms with Gasteiger partial charge in [-0.1, -0.05) is 88.5 Å². The maximum absolute atomic E-state index is 12.5. The highest BCUT2D eigenvalue weighted by Crippen LogP contribution is 2.46. The molecule has 6 unspecified atom stereocenters. The first-order chi connectivity index (χ1) is 26.4. The number of hydrogen-bond donors (Lipinski definition) is 3. The van der Waals surface area contributed by atoms with Crippen molar-refractivity contribution in [3.05, 3.63) is 0 Å². The second-order valence-electron chi connectivity index (χ2n) is 21.5. The van der Waals surface area contributed by atoms with E-state index in [9.17, 15) is 33.3 Å². The molecule has 1 saturated heterocycles. The van der Waals surface area contributed by atoms with Crippen molar-refractivity contribution in [3.63, 3.8) is 0 Å². The maximum atomic E-state index is 12.5. The highest BCUT2D eigenvalue weighted by atomic mass is 19.4. The van der Waals surface area contributed by atoms with Gasteiger partial charge in [0, 0.05) is 12.8 Å². The van der Waals surface area contributed by atoms with Gasteiger partial charge in [-0.3, -0.25) is 4.79 Å². The molecule has 5 saturated carbocycles. The zero-order valence-electron chi connectivity index (χ0n) is 38.7. The molecule has 1 heterocycles. The number of carbonyl (C=O) groups is 1. The molecule has 5 nitrogen and oxygen atoms in total. The van der Waals surface area contributed by atoms with Gasteiger partial charge in [0.05, 0.1) is 23.9 Å². The Kier molecular flexibility index (Phi) is 22.1. The summed E-state index contributed by atoms with van der Waals surface area (Å²) < 4.78 is 43.2. The number of alkyl halides is 3. The van der Waals surface area contributed by atoms with Crippen molar-refractivity contribution >= 4 is 5.78 Å². The van der Waals surface area contributed by atoms with E-state index < -0.39 is 11.8 Å². The average Bonchev–Trinajstić information content (AvgIpc) is 3.11. The molecular weight excluding hydrogens is 726 g/mol. The molecule has 0 bridgehead atoms. The van der Waals surface area contributed by atoms with E-state index >= 15 is 0 Å². The van der Waals surface area contributed by atoms with E-state index in [1.165, 1.54) is 57.8 Å². The van der Waals surface area contributed by atoms with Crippen molar-refractivity contribution in [2.24, 2.45) is 59.2 Å². The first-order valence-corrected chi connectivity index (χ1v) is 23.7. The summed E-state index contributed by atoms with van der Waals surface area (Å²) in [6, 6.07) is 0. The van der Waals surface area contributed by atoms with Gasteiger partial charge < -0.3 is 20.1 Å². The number of ketones is 1. The molecule has 1 aliphatic heterocycles. The van der Waals surface area contributed by atoms with Crippen LogP contribution in [0.1, 0.15) is 211 Å². The van der Waals surface area contributed by atoms with Crippen LogP contribution >= 0.6 is 0 Å². The summed E-state index contributed by atoms with van der Waals surface area (Å²) in [7, 11) is 0. The minimum Gasteiger partial charge on any atom is -0.393 e. The molecule has 0 aromatic rings. The van der Waals surface area contributed by atoms with Gasteiger partial charge in [-0.15, -0.1) is 0 Å². The van der Waals surface area contributed by atoms with Crippen LogP contribution in [0.2, 0.25) is 0 Å². The van der Waals surface area contributed by atoms with Gasteiger partial charge >= 0.3 is 6.18 Å². The van der Waals surface area contributed by atoms with Gasteiger partial charge in [-0.25, -0.2) is 0 Å². The smallest absolute Gasteiger partial charge is 0.393 e. The fourth-order valence-corrected chi connectivity index (χ4v) is 10.3. The molecule has 6 fully saturated rings. The van der Waals surface area contributed by atoms with Crippen LogP contribution in [-0.4, -0.2) is 56.8 Å².